The second-order valence-electron chi connectivity index (χ2n) is 5.97. The Morgan fingerprint density at radius 1 is 1.36 bits per heavy atom. The van der Waals surface area contributed by atoms with Crippen LogP contribution in [0.3, 0.4) is 0 Å². The number of carbonyl (C=O) groups excluding carboxylic acids is 1. The summed E-state index contributed by atoms with van der Waals surface area (Å²) in [5.41, 5.74) is -1.10. The predicted octanol–water partition coefficient (Wildman–Crippen LogP) is 2.10. The Labute approximate surface area is 134 Å². The van der Waals surface area contributed by atoms with Crippen molar-refractivity contribution in [2.45, 2.75) is 45.8 Å². The third kappa shape index (κ3) is 6.29. The highest BCUT2D eigenvalue weighted by molar-refractivity contribution is 7.14. The van der Waals surface area contributed by atoms with Gasteiger partial charge in [0.1, 0.15) is 11.6 Å². The van der Waals surface area contributed by atoms with Gasteiger partial charge in [-0.15, -0.1) is 11.3 Å². The lowest BCUT2D eigenvalue weighted by atomic mass is 10.0. The van der Waals surface area contributed by atoms with Crippen LogP contribution in [0.2, 0.25) is 0 Å². The molecule has 0 radical (unpaired) electrons. The third-order valence-corrected chi connectivity index (χ3v) is 3.63. The van der Waals surface area contributed by atoms with Gasteiger partial charge >= 0.3 is 5.97 Å². The van der Waals surface area contributed by atoms with Crippen molar-refractivity contribution in [1.82, 2.24) is 5.32 Å². The molecule has 0 saturated heterocycles. The number of hydrogen-bond acceptors (Lipinski definition) is 4. The van der Waals surface area contributed by atoms with Gasteiger partial charge < -0.3 is 15.5 Å². The number of rotatable bonds is 5. The number of nitrogens with one attached hydrogen (secondary N) is 1. The molecule has 5 nitrogen and oxygen atoms in total. The third-order valence-electron chi connectivity index (χ3n) is 2.63. The van der Waals surface area contributed by atoms with E-state index in [2.05, 4.69) is 17.2 Å². The van der Waals surface area contributed by atoms with Crippen molar-refractivity contribution in [2.75, 3.05) is 0 Å². The first kappa shape index (κ1) is 18.2. The SMILES string of the molecule is CC(C)C[C@@H](NC(=O)c1ccc(C#CC(C)(C)O)s1)C(=O)O. The van der Waals surface area contributed by atoms with Crippen molar-refractivity contribution in [3.05, 3.63) is 21.9 Å². The van der Waals surface area contributed by atoms with Crippen LogP contribution in [-0.4, -0.2) is 33.7 Å². The van der Waals surface area contributed by atoms with Crippen LogP contribution in [0.25, 0.3) is 0 Å². The van der Waals surface area contributed by atoms with E-state index in [1.165, 1.54) is 0 Å². The number of amides is 1. The van der Waals surface area contributed by atoms with Gasteiger partial charge in [-0.05, 0) is 38.3 Å². The van der Waals surface area contributed by atoms with Crippen LogP contribution < -0.4 is 5.32 Å². The van der Waals surface area contributed by atoms with Gasteiger partial charge in [0.05, 0.1) is 9.75 Å². The summed E-state index contributed by atoms with van der Waals surface area (Å²) < 4.78 is 0. The van der Waals surface area contributed by atoms with E-state index in [0.29, 0.717) is 16.2 Å². The van der Waals surface area contributed by atoms with Crippen LogP contribution in [0.15, 0.2) is 12.1 Å². The molecule has 22 heavy (non-hydrogen) atoms. The molecule has 6 heteroatoms. The number of carbonyl (C=O) groups is 2. The lowest BCUT2D eigenvalue weighted by Crippen LogP contribution is -2.41. The van der Waals surface area contributed by atoms with Crippen molar-refractivity contribution >= 4 is 23.2 Å². The molecule has 1 atom stereocenters. The fourth-order valence-electron chi connectivity index (χ4n) is 1.66. The molecular weight excluding hydrogens is 302 g/mol. The van der Waals surface area contributed by atoms with Crippen molar-refractivity contribution in [3.8, 4) is 11.8 Å². The molecule has 1 rings (SSSR count). The van der Waals surface area contributed by atoms with Gasteiger partial charge in [0.25, 0.3) is 5.91 Å². The first-order chi connectivity index (χ1) is 10.1. The topological polar surface area (TPSA) is 86.6 Å². The first-order valence-corrected chi connectivity index (χ1v) is 7.79. The zero-order valence-corrected chi connectivity index (χ0v) is 14.0. The number of hydrogen-bond donors (Lipinski definition) is 3. The van der Waals surface area contributed by atoms with Gasteiger partial charge in [0.2, 0.25) is 0 Å². The standard InChI is InChI=1S/C16H21NO4S/c1-10(2)9-12(15(19)20)17-14(18)13-6-5-11(22-13)7-8-16(3,4)21/h5-6,10,12,21H,9H2,1-4H3,(H,17,18)(H,19,20)/t12-/m1/s1. The van der Waals surface area contributed by atoms with Crippen molar-refractivity contribution in [2.24, 2.45) is 5.92 Å². The minimum atomic E-state index is -1.10. The zero-order valence-electron chi connectivity index (χ0n) is 13.1. The van der Waals surface area contributed by atoms with E-state index >= 15 is 0 Å². The maximum atomic E-state index is 12.1. The van der Waals surface area contributed by atoms with Crippen LogP contribution >= 0.6 is 11.3 Å². The monoisotopic (exact) mass is 323 g/mol. The number of aliphatic carboxylic acids is 1. The minimum Gasteiger partial charge on any atom is -0.480 e. The van der Waals surface area contributed by atoms with Gasteiger partial charge in [-0.1, -0.05) is 25.7 Å². The Morgan fingerprint density at radius 3 is 2.50 bits per heavy atom. The maximum Gasteiger partial charge on any atom is 0.326 e. The number of thiophene rings is 1. The first-order valence-electron chi connectivity index (χ1n) is 6.97. The number of carboxylic acids is 1. The summed E-state index contributed by atoms with van der Waals surface area (Å²) in [6, 6.07) is 2.37. The number of aliphatic hydroxyl groups is 1. The van der Waals surface area contributed by atoms with Crippen molar-refractivity contribution in [1.29, 1.82) is 0 Å². The van der Waals surface area contributed by atoms with Crippen molar-refractivity contribution < 1.29 is 19.8 Å². The Hall–Kier alpha value is -1.84. The Balaban J connectivity index is 2.79. The van der Waals surface area contributed by atoms with E-state index in [1.807, 2.05) is 13.8 Å². The van der Waals surface area contributed by atoms with Gasteiger partial charge in [-0.25, -0.2) is 4.79 Å². The van der Waals surface area contributed by atoms with E-state index < -0.39 is 23.5 Å². The maximum absolute atomic E-state index is 12.1. The van der Waals surface area contributed by atoms with Gasteiger partial charge in [0, 0.05) is 0 Å². The molecule has 1 aromatic heterocycles. The smallest absolute Gasteiger partial charge is 0.326 e. The molecule has 0 aromatic carbocycles. The molecule has 1 heterocycles. The highest BCUT2D eigenvalue weighted by atomic mass is 32.1. The summed E-state index contributed by atoms with van der Waals surface area (Å²) >= 11 is 1.16. The van der Waals surface area contributed by atoms with E-state index in [-0.39, 0.29) is 5.92 Å². The molecule has 3 N–H and O–H groups in total. The lowest BCUT2D eigenvalue weighted by molar-refractivity contribution is -0.139. The summed E-state index contributed by atoms with van der Waals surface area (Å²) in [5.74, 6) is 4.16. The Kier molecular flexibility index (Phi) is 6.15. The normalized spacial score (nSPS) is 12.5. The van der Waals surface area contributed by atoms with Gasteiger partial charge in [-0.2, -0.15) is 0 Å². The molecule has 1 aromatic rings. The largest absolute Gasteiger partial charge is 0.480 e. The minimum absolute atomic E-state index is 0.165. The summed E-state index contributed by atoms with van der Waals surface area (Å²) in [6.45, 7) is 6.95. The highest BCUT2D eigenvalue weighted by Gasteiger charge is 2.22. The van der Waals surface area contributed by atoms with E-state index in [9.17, 15) is 14.7 Å². The average molecular weight is 323 g/mol. The molecule has 0 unspecified atom stereocenters. The predicted molar refractivity (Wildman–Crippen MR) is 85.8 cm³/mol. The quantitative estimate of drug-likeness (QED) is 0.724. The highest BCUT2D eigenvalue weighted by Crippen LogP contribution is 2.16. The lowest BCUT2D eigenvalue weighted by Gasteiger charge is -2.15. The fraction of sp³-hybridized carbons (Fsp3) is 0.500. The molecule has 0 aliphatic heterocycles. The molecule has 0 aliphatic carbocycles. The molecule has 120 valence electrons. The summed E-state index contributed by atoms with van der Waals surface area (Å²) in [4.78, 5) is 24.3. The summed E-state index contributed by atoms with van der Waals surface area (Å²) in [6.07, 6.45) is 0.373. The number of carboxylic acid groups (broad SMARTS) is 1. The van der Waals surface area contributed by atoms with Crippen LogP contribution in [0.4, 0.5) is 0 Å². The van der Waals surface area contributed by atoms with E-state index in [4.69, 9.17) is 5.11 Å². The molecule has 0 bridgehead atoms. The molecule has 1 amide bonds. The molecule has 0 spiro atoms. The van der Waals surface area contributed by atoms with Gasteiger partial charge in [0.15, 0.2) is 0 Å². The van der Waals surface area contributed by atoms with E-state index in [1.54, 1.807) is 26.0 Å². The van der Waals surface area contributed by atoms with Crippen LogP contribution in [-0.2, 0) is 4.79 Å². The Bertz CT molecular complexity index is 602. The molecule has 0 saturated carbocycles. The van der Waals surface area contributed by atoms with Gasteiger partial charge in [-0.3, -0.25) is 4.79 Å². The average Bonchev–Trinajstić information content (AvgIpc) is 2.82. The fourth-order valence-corrected chi connectivity index (χ4v) is 2.43. The summed E-state index contributed by atoms with van der Waals surface area (Å²) in [5, 5.41) is 21.2. The van der Waals surface area contributed by atoms with E-state index in [0.717, 1.165) is 11.3 Å². The molecule has 0 aliphatic rings. The van der Waals surface area contributed by atoms with Crippen LogP contribution in [0.1, 0.15) is 48.7 Å². The van der Waals surface area contributed by atoms with Crippen LogP contribution in [0, 0.1) is 17.8 Å². The van der Waals surface area contributed by atoms with Crippen LogP contribution in [0.5, 0.6) is 0 Å². The summed E-state index contributed by atoms with van der Waals surface area (Å²) in [7, 11) is 0. The Morgan fingerprint density at radius 2 is 2.00 bits per heavy atom. The molecular formula is C16H21NO4S. The second kappa shape index (κ2) is 7.43. The van der Waals surface area contributed by atoms with Crippen molar-refractivity contribution in [3.63, 3.8) is 0 Å². The zero-order chi connectivity index (χ0) is 16.9. The second-order valence-corrected chi connectivity index (χ2v) is 7.05. The molecule has 0 fully saturated rings.